The summed E-state index contributed by atoms with van der Waals surface area (Å²) >= 11 is 0. The summed E-state index contributed by atoms with van der Waals surface area (Å²) in [6.45, 7) is 1.75. The molecule has 1 aliphatic carbocycles. The van der Waals surface area contributed by atoms with Crippen molar-refractivity contribution >= 4 is 5.97 Å². The molecular formula is C17H17NO2. The number of benzene rings is 2. The lowest BCUT2D eigenvalue weighted by molar-refractivity contribution is 0.0697. The molecule has 0 heterocycles. The first-order valence-corrected chi connectivity index (χ1v) is 6.85. The third-order valence-corrected chi connectivity index (χ3v) is 3.88. The van der Waals surface area contributed by atoms with Crippen LogP contribution in [0.25, 0.3) is 0 Å². The third kappa shape index (κ3) is 2.58. The van der Waals surface area contributed by atoms with Crippen LogP contribution in [-0.2, 0) is 13.0 Å². The first kappa shape index (κ1) is 12.9. The van der Waals surface area contributed by atoms with Crippen LogP contribution in [0.1, 0.15) is 33.0 Å². The van der Waals surface area contributed by atoms with Crippen molar-refractivity contribution in [3.63, 3.8) is 0 Å². The molecule has 0 fully saturated rings. The average Bonchev–Trinajstić information content (AvgIpc) is 2.44. The van der Waals surface area contributed by atoms with Crippen molar-refractivity contribution in [2.75, 3.05) is 6.54 Å². The molecule has 1 aliphatic rings. The Labute approximate surface area is 118 Å². The first-order valence-electron chi connectivity index (χ1n) is 6.85. The number of carboxylic acids is 1. The molecule has 1 atom stereocenters. The summed E-state index contributed by atoms with van der Waals surface area (Å²) in [7, 11) is 0. The van der Waals surface area contributed by atoms with Crippen LogP contribution in [0.15, 0.2) is 48.5 Å². The first-order chi connectivity index (χ1) is 9.74. The van der Waals surface area contributed by atoms with Crippen LogP contribution in [0.3, 0.4) is 0 Å². The fraction of sp³-hybridized carbons (Fsp3) is 0.235. The number of carboxylic acid groups (broad SMARTS) is 1. The van der Waals surface area contributed by atoms with Crippen LogP contribution in [-0.4, -0.2) is 17.6 Å². The number of rotatable bonds is 5. The molecule has 1 unspecified atom stereocenters. The van der Waals surface area contributed by atoms with E-state index in [0.717, 1.165) is 25.1 Å². The highest BCUT2D eigenvalue weighted by Gasteiger charge is 2.24. The van der Waals surface area contributed by atoms with Gasteiger partial charge in [-0.2, -0.15) is 0 Å². The molecule has 0 amide bonds. The van der Waals surface area contributed by atoms with Gasteiger partial charge in [-0.05, 0) is 35.2 Å². The zero-order valence-corrected chi connectivity index (χ0v) is 11.2. The second-order valence-electron chi connectivity index (χ2n) is 5.23. The van der Waals surface area contributed by atoms with E-state index in [1.54, 1.807) is 12.1 Å². The zero-order valence-electron chi connectivity index (χ0n) is 11.2. The highest BCUT2D eigenvalue weighted by atomic mass is 16.4. The van der Waals surface area contributed by atoms with Crippen molar-refractivity contribution in [1.82, 2.24) is 5.32 Å². The molecule has 0 saturated carbocycles. The normalized spacial score (nSPS) is 16.3. The van der Waals surface area contributed by atoms with Crippen molar-refractivity contribution in [2.24, 2.45) is 0 Å². The van der Waals surface area contributed by atoms with E-state index in [1.165, 1.54) is 11.1 Å². The molecule has 2 N–H and O–H groups in total. The lowest BCUT2D eigenvalue weighted by Crippen LogP contribution is -2.28. The highest BCUT2D eigenvalue weighted by molar-refractivity contribution is 5.87. The smallest absolute Gasteiger partial charge is 0.335 e. The lowest BCUT2D eigenvalue weighted by atomic mass is 9.77. The Kier molecular flexibility index (Phi) is 3.52. The van der Waals surface area contributed by atoms with Crippen LogP contribution in [0, 0.1) is 0 Å². The van der Waals surface area contributed by atoms with Gasteiger partial charge in [0, 0.05) is 19.0 Å². The number of fused-ring (bicyclic) bond motifs is 1. The van der Waals surface area contributed by atoms with Gasteiger partial charge in [0.15, 0.2) is 0 Å². The predicted molar refractivity (Wildman–Crippen MR) is 78.0 cm³/mol. The third-order valence-electron chi connectivity index (χ3n) is 3.88. The van der Waals surface area contributed by atoms with E-state index in [4.69, 9.17) is 5.11 Å². The summed E-state index contributed by atoms with van der Waals surface area (Å²) in [5, 5.41) is 12.3. The molecule has 3 rings (SSSR count). The minimum absolute atomic E-state index is 0.335. The van der Waals surface area contributed by atoms with Crippen LogP contribution >= 0.6 is 0 Å². The molecule has 0 spiro atoms. The molecule has 20 heavy (non-hydrogen) atoms. The van der Waals surface area contributed by atoms with E-state index in [1.807, 2.05) is 12.1 Å². The maximum atomic E-state index is 10.8. The highest BCUT2D eigenvalue weighted by Crippen LogP contribution is 2.33. The summed E-state index contributed by atoms with van der Waals surface area (Å²) in [4.78, 5) is 10.8. The van der Waals surface area contributed by atoms with E-state index in [2.05, 4.69) is 29.6 Å². The Bertz CT molecular complexity index is 619. The Morgan fingerprint density at radius 1 is 1.15 bits per heavy atom. The molecule has 0 radical (unpaired) electrons. The number of hydrogen-bond donors (Lipinski definition) is 2. The van der Waals surface area contributed by atoms with E-state index in [-0.39, 0.29) is 0 Å². The van der Waals surface area contributed by atoms with Crippen molar-refractivity contribution in [2.45, 2.75) is 18.9 Å². The molecule has 0 bridgehead atoms. The Balaban J connectivity index is 1.50. The molecule has 3 nitrogen and oxygen atoms in total. The molecular weight excluding hydrogens is 250 g/mol. The minimum atomic E-state index is -0.879. The van der Waals surface area contributed by atoms with Gasteiger partial charge in [0.2, 0.25) is 0 Å². The number of hydrogen-bond acceptors (Lipinski definition) is 2. The molecule has 3 heteroatoms. The fourth-order valence-electron chi connectivity index (χ4n) is 2.70. The summed E-state index contributed by atoms with van der Waals surface area (Å²) in [6, 6.07) is 15.6. The van der Waals surface area contributed by atoms with Crippen molar-refractivity contribution < 1.29 is 9.90 Å². The molecule has 2 aromatic rings. The molecule has 0 aliphatic heterocycles. The Morgan fingerprint density at radius 2 is 1.90 bits per heavy atom. The average molecular weight is 267 g/mol. The van der Waals surface area contributed by atoms with E-state index < -0.39 is 5.97 Å². The van der Waals surface area contributed by atoms with Gasteiger partial charge in [0.1, 0.15) is 0 Å². The summed E-state index contributed by atoms with van der Waals surface area (Å²) in [5.74, 6) is -0.264. The Hall–Kier alpha value is -2.13. The molecule has 0 saturated heterocycles. The van der Waals surface area contributed by atoms with Gasteiger partial charge in [-0.25, -0.2) is 4.79 Å². The second kappa shape index (κ2) is 5.47. The van der Waals surface area contributed by atoms with E-state index in [0.29, 0.717) is 11.5 Å². The lowest BCUT2D eigenvalue weighted by Gasteiger charge is -2.30. The SMILES string of the molecule is O=C(O)c1ccc(CNCC2Cc3ccccc32)cc1. The largest absolute Gasteiger partial charge is 0.478 e. The van der Waals surface area contributed by atoms with E-state index >= 15 is 0 Å². The number of aromatic carboxylic acids is 1. The van der Waals surface area contributed by atoms with Gasteiger partial charge in [-0.3, -0.25) is 0 Å². The number of carbonyl (C=O) groups is 1. The summed E-state index contributed by atoms with van der Waals surface area (Å²) < 4.78 is 0. The van der Waals surface area contributed by atoms with Crippen molar-refractivity contribution in [1.29, 1.82) is 0 Å². The Morgan fingerprint density at radius 3 is 2.60 bits per heavy atom. The van der Waals surface area contributed by atoms with Gasteiger partial charge >= 0.3 is 5.97 Å². The van der Waals surface area contributed by atoms with Crippen LogP contribution in [0.5, 0.6) is 0 Å². The zero-order chi connectivity index (χ0) is 13.9. The summed E-state index contributed by atoms with van der Waals surface area (Å²) in [6.07, 6.45) is 1.15. The van der Waals surface area contributed by atoms with Gasteiger partial charge in [0.05, 0.1) is 5.56 Å². The van der Waals surface area contributed by atoms with Crippen molar-refractivity contribution in [3.8, 4) is 0 Å². The number of nitrogens with one attached hydrogen (secondary N) is 1. The van der Waals surface area contributed by atoms with E-state index in [9.17, 15) is 4.79 Å². The maximum Gasteiger partial charge on any atom is 0.335 e. The van der Waals surface area contributed by atoms with Crippen LogP contribution < -0.4 is 5.32 Å². The van der Waals surface area contributed by atoms with Crippen LogP contribution in [0.2, 0.25) is 0 Å². The maximum absolute atomic E-state index is 10.8. The van der Waals surface area contributed by atoms with Gasteiger partial charge in [-0.15, -0.1) is 0 Å². The molecule has 0 aromatic heterocycles. The van der Waals surface area contributed by atoms with Gasteiger partial charge < -0.3 is 10.4 Å². The second-order valence-corrected chi connectivity index (χ2v) is 5.23. The molecule has 2 aromatic carbocycles. The fourth-order valence-corrected chi connectivity index (χ4v) is 2.70. The summed E-state index contributed by atoms with van der Waals surface area (Å²) in [5.41, 5.74) is 4.37. The van der Waals surface area contributed by atoms with Gasteiger partial charge in [0.25, 0.3) is 0 Å². The predicted octanol–water partition coefficient (Wildman–Crippen LogP) is 2.81. The van der Waals surface area contributed by atoms with Crippen molar-refractivity contribution in [3.05, 3.63) is 70.8 Å². The monoisotopic (exact) mass is 267 g/mol. The topological polar surface area (TPSA) is 49.3 Å². The quantitative estimate of drug-likeness (QED) is 0.875. The van der Waals surface area contributed by atoms with Crippen LogP contribution in [0.4, 0.5) is 0 Å². The standard InChI is InChI=1S/C17H17NO2/c19-17(20)13-7-5-12(6-8-13)10-18-11-15-9-14-3-1-2-4-16(14)15/h1-8,15,18H,9-11H2,(H,19,20). The van der Waals surface area contributed by atoms with Gasteiger partial charge in [-0.1, -0.05) is 36.4 Å². The molecule has 102 valence electrons. The minimum Gasteiger partial charge on any atom is -0.478 e.